The van der Waals surface area contributed by atoms with Gasteiger partial charge in [0.1, 0.15) is 0 Å². The van der Waals surface area contributed by atoms with Gasteiger partial charge >= 0.3 is 29.9 Å². The Kier molecular flexibility index (Phi) is 6.56. The third-order valence-electron chi connectivity index (χ3n) is 2.68. The Morgan fingerprint density at radius 1 is 0.913 bits per heavy atom. The summed E-state index contributed by atoms with van der Waals surface area (Å²) >= 11 is 0. The van der Waals surface area contributed by atoms with Gasteiger partial charge in [0.25, 0.3) is 0 Å². The second-order valence-electron chi connectivity index (χ2n) is 4.72. The molecule has 0 atom stereocenters. The van der Waals surface area contributed by atoms with Crippen molar-refractivity contribution in [3.63, 3.8) is 0 Å². The molecular weight excluding hydrogens is 347 g/mol. The van der Waals surface area contributed by atoms with Crippen LogP contribution in [0.5, 0.6) is 0 Å². The van der Waals surface area contributed by atoms with Crippen LogP contribution < -0.4 is 0 Å². The molecule has 0 aliphatic rings. The maximum atomic E-state index is 13.1. The summed E-state index contributed by atoms with van der Waals surface area (Å²) in [5.74, 6) is -20.0. The number of hydrogen-bond acceptors (Lipinski definition) is 2. The monoisotopic (exact) mass is 360 g/mol. The minimum atomic E-state index is -6.88. The molecule has 0 heterocycles. The van der Waals surface area contributed by atoms with Gasteiger partial charge in [0.2, 0.25) is 0 Å². The Morgan fingerprint density at radius 2 is 1.39 bits per heavy atom. The quantitative estimate of drug-likeness (QED) is 0.270. The van der Waals surface area contributed by atoms with E-state index in [0.29, 0.717) is 0 Å². The molecule has 0 bridgehead atoms. The molecule has 0 rings (SSSR count). The Morgan fingerprint density at radius 3 is 1.78 bits per heavy atom. The molecule has 0 aromatic carbocycles. The average molecular weight is 360 g/mol. The van der Waals surface area contributed by atoms with Crippen molar-refractivity contribution in [3.8, 4) is 0 Å². The molecule has 0 aromatic rings. The molecule has 0 spiro atoms. The normalized spacial score (nSPS) is 13.8. The van der Waals surface area contributed by atoms with E-state index in [9.17, 15) is 44.3 Å². The summed E-state index contributed by atoms with van der Waals surface area (Å²) in [7, 11) is 0. The van der Waals surface area contributed by atoms with Crippen LogP contribution in [0.25, 0.3) is 0 Å². The lowest BCUT2D eigenvalue weighted by Crippen LogP contribution is -2.60. The molecule has 0 aliphatic heterocycles. The number of ether oxygens (including phenoxy) is 1. The zero-order valence-corrected chi connectivity index (χ0v) is 11.8. The van der Waals surface area contributed by atoms with E-state index in [0.717, 1.165) is 0 Å². The van der Waals surface area contributed by atoms with E-state index in [1.807, 2.05) is 0 Å². The summed E-state index contributed by atoms with van der Waals surface area (Å²) in [5.41, 5.74) is -0.0216. The molecular formula is C12H13F9O2. The van der Waals surface area contributed by atoms with Crippen LogP contribution in [0.4, 0.5) is 39.5 Å². The van der Waals surface area contributed by atoms with Gasteiger partial charge in [-0.1, -0.05) is 6.58 Å². The summed E-state index contributed by atoms with van der Waals surface area (Å²) in [6.45, 7) is 3.97. The van der Waals surface area contributed by atoms with Crippen molar-refractivity contribution in [2.45, 2.75) is 50.1 Å². The first kappa shape index (κ1) is 21.6. The molecule has 0 fully saturated rings. The number of esters is 1. The van der Waals surface area contributed by atoms with E-state index < -0.39 is 55.8 Å². The van der Waals surface area contributed by atoms with Gasteiger partial charge in [0, 0.05) is 12.0 Å². The minimum absolute atomic E-state index is 0.0216. The van der Waals surface area contributed by atoms with E-state index in [1.54, 1.807) is 0 Å². The van der Waals surface area contributed by atoms with Crippen LogP contribution in [0, 0.1) is 0 Å². The van der Waals surface area contributed by atoms with Crippen molar-refractivity contribution in [2.75, 3.05) is 6.61 Å². The molecule has 0 amide bonds. The van der Waals surface area contributed by atoms with Gasteiger partial charge < -0.3 is 4.74 Å². The Bertz CT molecular complexity index is 440. The van der Waals surface area contributed by atoms with Gasteiger partial charge in [0.15, 0.2) is 0 Å². The van der Waals surface area contributed by atoms with E-state index in [4.69, 9.17) is 0 Å². The van der Waals surface area contributed by atoms with Crippen LogP contribution in [-0.2, 0) is 9.53 Å². The minimum Gasteiger partial charge on any atom is -0.462 e. The van der Waals surface area contributed by atoms with Crippen LogP contribution in [0.3, 0.4) is 0 Å². The summed E-state index contributed by atoms with van der Waals surface area (Å²) < 4.78 is 117. The first-order valence-corrected chi connectivity index (χ1v) is 6.10. The second kappa shape index (κ2) is 7.00. The fourth-order valence-corrected chi connectivity index (χ4v) is 1.30. The first-order valence-electron chi connectivity index (χ1n) is 6.10. The van der Waals surface area contributed by atoms with Crippen LogP contribution in [-0.4, -0.2) is 36.5 Å². The van der Waals surface area contributed by atoms with E-state index in [1.165, 1.54) is 6.92 Å². The van der Waals surface area contributed by atoms with Gasteiger partial charge in [-0.3, -0.25) is 0 Å². The van der Waals surface area contributed by atoms with Gasteiger partial charge in [-0.25, -0.2) is 4.79 Å². The third-order valence-corrected chi connectivity index (χ3v) is 2.68. The van der Waals surface area contributed by atoms with E-state index in [-0.39, 0.29) is 5.57 Å². The molecule has 0 N–H and O–H groups in total. The SMILES string of the molecule is C=C(C)C(=O)OCCCCC(F)(F)C(F)(F)C(F)(F)C(F)(F)F. The number of halogens is 9. The van der Waals surface area contributed by atoms with Gasteiger partial charge in [-0.15, -0.1) is 0 Å². The van der Waals surface area contributed by atoms with Crippen molar-refractivity contribution in [1.82, 2.24) is 0 Å². The standard InChI is InChI=1S/C12H13F9O2/c1-7(2)8(22)23-6-4-3-5-9(13,14)10(15,16)11(17,18)12(19,20)21/h1,3-6H2,2H3. The largest absolute Gasteiger partial charge is 0.462 e. The molecule has 2 nitrogen and oxygen atoms in total. The summed E-state index contributed by atoms with van der Waals surface area (Å²) in [5, 5.41) is 0. The van der Waals surface area contributed by atoms with E-state index >= 15 is 0 Å². The molecule has 0 aliphatic carbocycles. The van der Waals surface area contributed by atoms with Crippen molar-refractivity contribution in [1.29, 1.82) is 0 Å². The second-order valence-corrected chi connectivity index (χ2v) is 4.72. The molecule has 0 saturated heterocycles. The lowest BCUT2D eigenvalue weighted by Gasteiger charge is -2.33. The van der Waals surface area contributed by atoms with Crippen molar-refractivity contribution < 1.29 is 49.0 Å². The zero-order chi connectivity index (χ0) is 18.7. The maximum absolute atomic E-state index is 13.1. The fourth-order valence-electron chi connectivity index (χ4n) is 1.30. The zero-order valence-electron chi connectivity index (χ0n) is 11.8. The number of rotatable bonds is 8. The van der Waals surface area contributed by atoms with Crippen molar-refractivity contribution >= 4 is 5.97 Å². The average Bonchev–Trinajstić information content (AvgIpc) is 2.35. The number of alkyl halides is 9. The summed E-state index contributed by atoms with van der Waals surface area (Å²) in [6.07, 6.45) is -10.0. The Hall–Kier alpha value is -1.42. The predicted octanol–water partition coefficient (Wildman–Crippen LogP) is 4.74. The van der Waals surface area contributed by atoms with Crippen LogP contribution in [0.15, 0.2) is 12.2 Å². The number of hydrogen-bond donors (Lipinski definition) is 0. The molecule has 0 saturated carbocycles. The van der Waals surface area contributed by atoms with Crippen LogP contribution in [0.2, 0.25) is 0 Å². The first-order chi connectivity index (χ1) is 10.1. The lowest BCUT2D eigenvalue weighted by atomic mass is 9.99. The molecule has 23 heavy (non-hydrogen) atoms. The Labute approximate surface area is 125 Å². The number of carbonyl (C=O) groups is 1. The number of unbranched alkanes of at least 4 members (excludes halogenated alkanes) is 1. The molecule has 0 aromatic heterocycles. The maximum Gasteiger partial charge on any atom is 0.460 e. The third kappa shape index (κ3) is 4.77. The lowest BCUT2D eigenvalue weighted by molar-refractivity contribution is -0.396. The van der Waals surface area contributed by atoms with Crippen molar-refractivity contribution in [2.24, 2.45) is 0 Å². The fraction of sp³-hybridized carbons (Fsp3) is 0.750. The molecule has 0 unspecified atom stereocenters. The molecule has 0 radical (unpaired) electrons. The predicted molar refractivity (Wildman–Crippen MR) is 60.5 cm³/mol. The highest BCUT2D eigenvalue weighted by atomic mass is 19.4. The van der Waals surface area contributed by atoms with Gasteiger partial charge in [-0.2, -0.15) is 39.5 Å². The van der Waals surface area contributed by atoms with Crippen LogP contribution in [0.1, 0.15) is 26.2 Å². The van der Waals surface area contributed by atoms with Gasteiger partial charge in [0.05, 0.1) is 6.61 Å². The van der Waals surface area contributed by atoms with Gasteiger partial charge in [-0.05, 0) is 19.8 Å². The molecule has 136 valence electrons. The highest BCUT2D eigenvalue weighted by Gasteiger charge is 2.81. The van der Waals surface area contributed by atoms with Crippen molar-refractivity contribution in [3.05, 3.63) is 12.2 Å². The smallest absolute Gasteiger partial charge is 0.460 e. The van der Waals surface area contributed by atoms with E-state index in [2.05, 4.69) is 11.3 Å². The summed E-state index contributed by atoms with van der Waals surface area (Å²) in [6, 6.07) is 0. The Balaban J connectivity index is 4.69. The topological polar surface area (TPSA) is 26.3 Å². The summed E-state index contributed by atoms with van der Waals surface area (Å²) in [4.78, 5) is 10.9. The highest BCUT2D eigenvalue weighted by Crippen LogP contribution is 2.54. The highest BCUT2D eigenvalue weighted by molar-refractivity contribution is 5.86. The van der Waals surface area contributed by atoms with Crippen LogP contribution >= 0.6 is 0 Å². The molecule has 11 heteroatoms. The number of carbonyl (C=O) groups excluding carboxylic acids is 1.